The van der Waals surface area contributed by atoms with E-state index in [0.717, 1.165) is 11.4 Å². The minimum absolute atomic E-state index is 0.375. The fourth-order valence-electron chi connectivity index (χ4n) is 1.11. The van der Waals surface area contributed by atoms with Gasteiger partial charge in [-0.15, -0.1) is 5.10 Å². The number of aromatic nitrogens is 4. The second-order valence-electron chi connectivity index (χ2n) is 2.63. The van der Waals surface area contributed by atoms with Crippen molar-refractivity contribution in [3.05, 3.63) is 29.8 Å². The fraction of sp³-hybridized carbons (Fsp3) is 0.125. The van der Waals surface area contributed by atoms with E-state index in [9.17, 15) is 0 Å². The fourth-order valence-corrected chi connectivity index (χ4v) is 1.27. The highest BCUT2D eigenvalue weighted by molar-refractivity contribution is 6.29. The van der Waals surface area contributed by atoms with E-state index in [4.69, 9.17) is 11.6 Å². The predicted molar refractivity (Wildman–Crippen MR) is 49.2 cm³/mol. The Kier molecular flexibility index (Phi) is 1.98. The molecule has 2 aromatic rings. The van der Waals surface area contributed by atoms with Crippen LogP contribution < -0.4 is 0 Å². The van der Waals surface area contributed by atoms with Crippen LogP contribution in [0.2, 0.25) is 5.15 Å². The van der Waals surface area contributed by atoms with Gasteiger partial charge in [-0.25, -0.2) is 4.98 Å². The molecule has 4 nitrogen and oxygen atoms in total. The van der Waals surface area contributed by atoms with Gasteiger partial charge in [-0.1, -0.05) is 11.6 Å². The van der Waals surface area contributed by atoms with Gasteiger partial charge in [-0.3, -0.25) is 0 Å². The zero-order valence-corrected chi connectivity index (χ0v) is 7.73. The van der Waals surface area contributed by atoms with Crippen LogP contribution in [0, 0.1) is 0 Å². The summed E-state index contributed by atoms with van der Waals surface area (Å²) in [6, 6.07) is 1.73. The van der Waals surface area contributed by atoms with Crippen molar-refractivity contribution < 1.29 is 0 Å². The maximum absolute atomic E-state index is 5.70. The van der Waals surface area contributed by atoms with Gasteiger partial charge in [-0.2, -0.15) is 5.10 Å². The molecule has 0 unspecified atom stereocenters. The van der Waals surface area contributed by atoms with Crippen molar-refractivity contribution in [1.82, 2.24) is 19.7 Å². The molecule has 0 amide bonds. The lowest BCUT2D eigenvalue weighted by Gasteiger charge is -1.99. The van der Waals surface area contributed by atoms with E-state index in [1.807, 2.05) is 17.8 Å². The molecule has 0 atom stereocenters. The number of rotatable bonds is 1. The first-order chi connectivity index (χ1) is 6.27. The summed E-state index contributed by atoms with van der Waals surface area (Å²) in [5, 5.41) is 7.78. The molecule has 0 aliphatic heterocycles. The van der Waals surface area contributed by atoms with E-state index in [-0.39, 0.29) is 0 Å². The predicted octanol–water partition coefficient (Wildman–Crippen LogP) is 1.53. The standard InChI is InChI=1S/C8H7ClN4/c1-13-3-2-10-8(13)6-4-7(9)12-11-5-6/h2-5H,1H3. The van der Waals surface area contributed by atoms with E-state index < -0.39 is 0 Å². The van der Waals surface area contributed by atoms with Crippen LogP contribution in [0.15, 0.2) is 24.7 Å². The Morgan fingerprint density at radius 3 is 2.92 bits per heavy atom. The van der Waals surface area contributed by atoms with E-state index in [2.05, 4.69) is 15.2 Å². The van der Waals surface area contributed by atoms with Crippen LogP contribution >= 0.6 is 11.6 Å². The second kappa shape index (κ2) is 3.14. The van der Waals surface area contributed by atoms with Crippen molar-refractivity contribution in [2.24, 2.45) is 7.05 Å². The molecule has 0 saturated heterocycles. The van der Waals surface area contributed by atoms with Crippen LogP contribution in [0.25, 0.3) is 11.4 Å². The summed E-state index contributed by atoms with van der Waals surface area (Å²) in [7, 11) is 1.91. The van der Waals surface area contributed by atoms with Crippen molar-refractivity contribution in [3.8, 4) is 11.4 Å². The molecule has 0 radical (unpaired) electrons. The lowest BCUT2D eigenvalue weighted by Crippen LogP contribution is -1.92. The van der Waals surface area contributed by atoms with Gasteiger partial charge in [0.05, 0.1) is 6.20 Å². The lowest BCUT2D eigenvalue weighted by molar-refractivity contribution is 0.918. The van der Waals surface area contributed by atoms with Crippen molar-refractivity contribution in [1.29, 1.82) is 0 Å². The highest BCUT2D eigenvalue weighted by atomic mass is 35.5. The van der Waals surface area contributed by atoms with Crippen LogP contribution in [-0.2, 0) is 7.05 Å². The molecule has 66 valence electrons. The van der Waals surface area contributed by atoms with Gasteiger partial charge in [0.2, 0.25) is 0 Å². The topological polar surface area (TPSA) is 43.6 Å². The van der Waals surface area contributed by atoms with E-state index in [0.29, 0.717) is 5.15 Å². The first-order valence-corrected chi connectivity index (χ1v) is 4.11. The third-order valence-corrected chi connectivity index (χ3v) is 1.89. The minimum Gasteiger partial charge on any atom is -0.334 e. The smallest absolute Gasteiger partial charge is 0.152 e. The van der Waals surface area contributed by atoms with Crippen molar-refractivity contribution in [2.45, 2.75) is 0 Å². The summed E-state index contributed by atoms with van der Waals surface area (Å²) in [5.74, 6) is 0.830. The summed E-state index contributed by atoms with van der Waals surface area (Å²) < 4.78 is 1.90. The van der Waals surface area contributed by atoms with Gasteiger partial charge in [0.1, 0.15) is 5.82 Å². The molecule has 0 fully saturated rings. The largest absolute Gasteiger partial charge is 0.334 e. The molecule has 5 heteroatoms. The first kappa shape index (κ1) is 8.19. The van der Waals surface area contributed by atoms with Crippen LogP contribution in [0.3, 0.4) is 0 Å². The number of imidazole rings is 1. The Labute approximate surface area is 80.2 Å². The second-order valence-corrected chi connectivity index (χ2v) is 3.02. The summed E-state index contributed by atoms with van der Waals surface area (Å²) in [5.41, 5.74) is 0.868. The SMILES string of the molecule is Cn1ccnc1-c1cnnc(Cl)c1. The molecule has 0 N–H and O–H groups in total. The highest BCUT2D eigenvalue weighted by Gasteiger charge is 2.03. The minimum atomic E-state index is 0.375. The Hall–Kier alpha value is -1.42. The molecule has 0 spiro atoms. The quantitative estimate of drug-likeness (QED) is 0.692. The zero-order valence-electron chi connectivity index (χ0n) is 6.98. The Morgan fingerprint density at radius 1 is 1.46 bits per heavy atom. The average molecular weight is 195 g/mol. The number of hydrogen-bond acceptors (Lipinski definition) is 3. The van der Waals surface area contributed by atoms with Gasteiger partial charge >= 0.3 is 0 Å². The Morgan fingerprint density at radius 2 is 2.31 bits per heavy atom. The molecule has 0 saturated carbocycles. The van der Waals surface area contributed by atoms with E-state index >= 15 is 0 Å². The monoisotopic (exact) mass is 194 g/mol. The molecule has 2 aromatic heterocycles. The van der Waals surface area contributed by atoms with Crippen LogP contribution in [0.5, 0.6) is 0 Å². The average Bonchev–Trinajstić information content (AvgIpc) is 2.51. The van der Waals surface area contributed by atoms with Gasteiger partial charge in [0, 0.05) is 25.0 Å². The third kappa shape index (κ3) is 1.53. The van der Waals surface area contributed by atoms with Gasteiger partial charge in [0.15, 0.2) is 5.15 Å². The third-order valence-electron chi connectivity index (χ3n) is 1.70. The lowest BCUT2D eigenvalue weighted by atomic mass is 10.3. The van der Waals surface area contributed by atoms with Crippen LogP contribution in [0.4, 0.5) is 0 Å². The van der Waals surface area contributed by atoms with Gasteiger partial charge < -0.3 is 4.57 Å². The molecule has 13 heavy (non-hydrogen) atoms. The van der Waals surface area contributed by atoms with Crippen molar-refractivity contribution >= 4 is 11.6 Å². The number of halogens is 1. The Balaban J connectivity index is 2.53. The van der Waals surface area contributed by atoms with Gasteiger partial charge in [0.25, 0.3) is 0 Å². The summed E-state index contributed by atoms with van der Waals surface area (Å²) in [6.45, 7) is 0. The molecule has 0 aromatic carbocycles. The number of aryl methyl sites for hydroxylation is 1. The molecule has 0 bridgehead atoms. The zero-order chi connectivity index (χ0) is 9.26. The maximum atomic E-state index is 5.70. The number of nitrogens with zero attached hydrogens (tertiary/aromatic N) is 4. The molecule has 2 heterocycles. The van der Waals surface area contributed by atoms with Crippen molar-refractivity contribution in [2.75, 3.05) is 0 Å². The van der Waals surface area contributed by atoms with Crippen molar-refractivity contribution in [3.63, 3.8) is 0 Å². The van der Waals surface area contributed by atoms with Crippen LogP contribution in [0.1, 0.15) is 0 Å². The van der Waals surface area contributed by atoms with Gasteiger partial charge in [-0.05, 0) is 6.07 Å². The summed E-state index contributed by atoms with van der Waals surface area (Å²) >= 11 is 5.70. The molecule has 2 rings (SSSR count). The Bertz CT molecular complexity index is 424. The summed E-state index contributed by atoms with van der Waals surface area (Å²) in [6.07, 6.45) is 5.22. The van der Waals surface area contributed by atoms with E-state index in [1.54, 1.807) is 18.5 Å². The van der Waals surface area contributed by atoms with Crippen LogP contribution in [-0.4, -0.2) is 19.7 Å². The first-order valence-electron chi connectivity index (χ1n) is 3.73. The van der Waals surface area contributed by atoms with E-state index in [1.165, 1.54) is 0 Å². The molecule has 0 aliphatic carbocycles. The molecule has 0 aliphatic rings. The maximum Gasteiger partial charge on any atom is 0.152 e. The highest BCUT2D eigenvalue weighted by Crippen LogP contribution is 2.17. The number of hydrogen-bond donors (Lipinski definition) is 0. The normalized spacial score (nSPS) is 10.3. The molecular formula is C8H7ClN4. The molecular weight excluding hydrogens is 188 g/mol. The summed E-state index contributed by atoms with van der Waals surface area (Å²) in [4.78, 5) is 4.16.